The molecule has 2 aliphatic carbocycles. The zero-order valence-electron chi connectivity index (χ0n) is 11.7. The molecule has 2 N–H and O–H groups in total. The van der Waals surface area contributed by atoms with Crippen LogP contribution < -0.4 is 0 Å². The minimum atomic E-state index is -1.00. The van der Waals surface area contributed by atoms with E-state index in [1.54, 1.807) is 0 Å². The molecule has 5 heteroatoms. The van der Waals surface area contributed by atoms with Crippen LogP contribution in [0.2, 0.25) is 0 Å². The number of allylic oxidation sites excluding steroid dienone is 1. The average molecular weight is 280 g/mol. The van der Waals surface area contributed by atoms with Crippen molar-refractivity contribution in [3.63, 3.8) is 0 Å². The molecule has 20 heavy (non-hydrogen) atoms. The number of fused-ring (bicyclic) bond motifs is 2. The van der Waals surface area contributed by atoms with Gasteiger partial charge >= 0.3 is 0 Å². The standard InChI is InChI=1S/C15H20O5/c1-8-3-4-14(6-16)9(5-8)20-12-10(17)11(18)13(14,2)15(12)7-19-15/h5-6,9-12,17-18H,3-4,7H2,1-2H3. The van der Waals surface area contributed by atoms with Gasteiger partial charge in [-0.15, -0.1) is 0 Å². The van der Waals surface area contributed by atoms with Crippen LogP contribution in [0.1, 0.15) is 26.7 Å². The van der Waals surface area contributed by atoms with E-state index in [1.807, 2.05) is 19.9 Å². The Bertz CT molecular complexity index is 510. The molecule has 3 fully saturated rings. The van der Waals surface area contributed by atoms with Gasteiger partial charge in [-0.1, -0.05) is 18.6 Å². The second kappa shape index (κ2) is 3.53. The fourth-order valence-electron chi connectivity index (χ4n) is 4.89. The Hall–Kier alpha value is -0.750. The van der Waals surface area contributed by atoms with Gasteiger partial charge in [-0.25, -0.2) is 0 Å². The molecule has 2 saturated heterocycles. The monoisotopic (exact) mass is 280 g/mol. The van der Waals surface area contributed by atoms with Crippen molar-refractivity contribution in [2.24, 2.45) is 10.8 Å². The highest BCUT2D eigenvalue weighted by Crippen LogP contribution is 2.70. The molecule has 110 valence electrons. The first kappa shape index (κ1) is 13.0. The Morgan fingerprint density at radius 3 is 2.75 bits per heavy atom. The summed E-state index contributed by atoms with van der Waals surface area (Å²) in [7, 11) is 0. The van der Waals surface area contributed by atoms with Crippen molar-refractivity contribution in [1.82, 2.24) is 0 Å². The molecule has 0 aromatic rings. The average Bonchev–Trinajstić information content (AvgIpc) is 3.21. The van der Waals surface area contributed by atoms with Gasteiger partial charge in [0.2, 0.25) is 0 Å². The molecule has 0 aromatic carbocycles. The van der Waals surface area contributed by atoms with E-state index in [0.29, 0.717) is 13.0 Å². The van der Waals surface area contributed by atoms with E-state index in [0.717, 1.165) is 12.7 Å². The van der Waals surface area contributed by atoms with Crippen molar-refractivity contribution >= 4 is 6.29 Å². The van der Waals surface area contributed by atoms with E-state index < -0.39 is 34.7 Å². The van der Waals surface area contributed by atoms with Crippen LogP contribution in [0.4, 0.5) is 0 Å². The summed E-state index contributed by atoms with van der Waals surface area (Å²) in [6.07, 6.45) is 1.40. The third-order valence-corrected chi connectivity index (χ3v) is 6.37. The first-order valence-electron chi connectivity index (χ1n) is 7.22. The predicted octanol–water partition coefficient (Wildman–Crippen LogP) is 0.190. The molecule has 2 heterocycles. The van der Waals surface area contributed by atoms with Crippen LogP contribution in [0.15, 0.2) is 11.6 Å². The Morgan fingerprint density at radius 2 is 2.15 bits per heavy atom. The van der Waals surface area contributed by atoms with E-state index in [2.05, 4.69) is 0 Å². The minimum absolute atomic E-state index is 0.384. The van der Waals surface area contributed by atoms with E-state index in [-0.39, 0.29) is 6.10 Å². The first-order chi connectivity index (χ1) is 9.43. The molecule has 1 spiro atoms. The maximum atomic E-state index is 12.0. The number of carbonyl (C=O) groups is 1. The Balaban J connectivity index is 1.94. The highest BCUT2D eigenvalue weighted by molar-refractivity contribution is 5.67. The van der Waals surface area contributed by atoms with Gasteiger partial charge < -0.3 is 24.5 Å². The third kappa shape index (κ3) is 1.07. The number of hydrogen-bond donors (Lipinski definition) is 2. The van der Waals surface area contributed by atoms with Crippen LogP contribution >= 0.6 is 0 Å². The molecule has 0 radical (unpaired) electrons. The number of carbonyl (C=O) groups excluding carboxylic acids is 1. The van der Waals surface area contributed by atoms with Gasteiger partial charge in [0.05, 0.1) is 24.2 Å². The molecule has 5 nitrogen and oxygen atoms in total. The van der Waals surface area contributed by atoms with E-state index in [9.17, 15) is 15.0 Å². The van der Waals surface area contributed by atoms with Crippen LogP contribution in [-0.2, 0) is 14.3 Å². The number of aldehydes is 1. The third-order valence-electron chi connectivity index (χ3n) is 6.37. The van der Waals surface area contributed by atoms with Gasteiger partial charge in [0.25, 0.3) is 0 Å². The van der Waals surface area contributed by atoms with Gasteiger partial charge in [0, 0.05) is 5.41 Å². The summed E-state index contributed by atoms with van der Waals surface area (Å²) in [5, 5.41) is 21.0. The van der Waals surface area contributed by atoms with E-state index in [4.69, 9.17) is 9.47 Å². The minimum Gasteiger partial charge on any atom is -0.390 e. The summed E-state index contributed by atoms with van der Waals surface area (Å²) in [5.41, 5.74) is -1.14. The van der Waals surface area contributed by atoms with E-state index >= 15 is 0 Å². The second-order valence-corrected chi connectivity index (χ2v) is 6.96. The molecule has 2 aliphatic heterocycles. The molecule has 4 rings (SSSR count). The van der Waals surface area contributed by atoms with Crippen molar-refractivity contribution in [3.8, 4) is 0 Å². The summed E-state index contributed by atoms with van der Waals surface area (Å²) < 4.78 is 11.7. The number of rotatable bonds is 1. The lowest BCUT2D eigenvalue weighted by atomic mass is 9.52. The van der Waals surface area contributed by atoms with Crippen LogP contribution in [0.25, 0.3) is 0 Å². The van der Waals surface area contributed by atoms with Crippen molar-refractivity contribution in [1.29, 1.82) is 0 Å². The first-order valence-corrected chi connectivity index (χ1v) is 7.22. The zero-order chi connectivity index (χ0) is 14.3. The molecule has 2 bridgehead atoms. The van der Waals surface area contributed by atoms with Crippen LogP contribution in [0, 0.1) is 10.8 Å². The summed E-state index contributed by atoms with van der Waals surface area (Å²) in [6.45, 7) is 4.34. The number of aliphatic hydroxyl groups excluding tert-OH is 2. The normalized spacial score (nSPS) is 60.1. The lowest BCUT2D eigenvalue weighted by molar-refractivity contribution is -0.205. The summed E-state index contributed by atoms with van der Waals surface area (Å²) >= 11 is 0. The van der Waals surface area contributed by atoms with Crippen LogP contribution in [0.5, 0.6) is 0 Å². The van der Waals surface area contributed by atoms with Crippen molar-refractivity contribution < 1.29 is 24.5 Å². The SMILES string of the molecule is CC1=CC2OC3C(O)C(O)C(C)(C2(C=O)CC1)C31CO1. The largest absolute Gasteiger partial charge is 0.390 e. The molecule has 1 saturated carbocycles. The Morgan fingerprint density at radius 1 is 1.45 bits per heavy atom. The zero-order valence-corrected chi connectivity index (χ0v) is 11.7. The Labute approximate surface area is 117 Å². The van der Waals surface area contributed by atoms with Crippen LogP contribution in [0.3, 0.4) is 0 Å². The molecule has 0 amide bonds. The number of ether oxygens (including phenoxy) is 2. The highest BCUT2D eigenvalue weighted by atomic mass is 16.6. The molecular formula is C15H20O5. The quantitative estimate of drug-likeness (QED) is 0.407. The fourth-order valence-corrected chi connectivity index (χ4v) is 4.89. The van der Waals surface area contributed by atoms with Gasteiger partial charge in [0.1, 0.15) is 24.1 Å². The van der Waals surface area contributed by atoms with Gasteiger partial charge in [-0.05, 0) is 19.8 Å². The van der Waals surface area contributed by atoms with Crippen LogP contribution in [-0.4, -0.2) is 53.1 Å². The van der Waals surface area contributed by atoms with Crippen molar-refractivity contribution in [3.05, 3.63) is 11.6 Å². The topological polar surface area (TPSA) is 79.3 Å². The number of aliphatic hydroxyl groups is 2. The van der Waals surface area contributed by atoms with Gasteiger partial charge in [0.15, 0.2) is 0 Å². The number of epoxide rings is 1. The maximum absolute atomic E-state index is 12.0. The summed E-state index contributed by atoms with van der Waals surface area (Å²) in [6, 6.07) is 0. The van der Waals surface area contributed by atoms with Crippen molar-refractivity contribution in [2.45, 2.75) is 56.7 Å². The fraction of sp³-hybridized carbons (Fsp3) is 0.800. The molecule has 4 aliphatic rings. The number of hydrogen-bond acceptors (Lipinski definition) is 5. The molecule has 0 aromatic heterocycles. The molecule has 7 atom stereocenters. The highest BCUT2D eigenvalue weighted by Gasteiger charge is 2.84. The maximum Gasteiger partial charge on any atom is 0.129 e. The van der Waals surface area contributed by atoms with Crippen molar-refractivity contribution in [2.75, 3.05) is 6.61 Å². The molecular weight excluding hydrogens is 260 g/mol. The Kier molecular flexibility index (Phi) is 2.28. The van der Waals surface area contributed by atoms with Gasteiger partial charge in [-0.2, -0.15) is 0 Å². The smallest absolute Gasteiger partial charge is 0.129 e. The predicted molar refractivity (Wildman–Crippen MR) is 69.0 cm³/mol. The molecule has 7 unspecified atom stereocenters. The summed E-state index contributed by atoms with van der Waals surface area (Å²) in [4.78, 5) is 12.0. The van der Waals surface area contributed by atoms with Gasteiger partial charge in [-0.3, -0.25) is 0 Å². The summed E-state index contributed by atoms with van der Waals surface area (Å²) in [5.74, 6) is 0. The lowest BCUT2D eigenvalue weighted by Gasteiger charge is -2.55. The lowest BCUT2D eigenvalue weighted by Crippen LogP contribution is -2.65. The second-order valence-electron chi connectivity index (χ2n) is 6.96. The van der Waals surface area contributed by atoms with E-state index in [1.165, 1.54) is 5.57 Å².